The average Bonchev–Trinajstić information content (AvgIpc) is 2.37. The third-order valence-electron chi connectivity index (χ3n) is 3.64. The molecule has 114 valence electrons. The molecule has 0 saturated carbocycles. The lowest BCUT2D eigenvalue weighted by Crippen LogP contribution is -2.25. The standard InChI is InChI=1S/C16H30N4/c1-11(2)15(12(3)4)10-18-16-8-7-14(19-20-16)9-17-13(5)6/h7-8,11-13,15,17H,9-10H2,1-6H3,(H,18,20). The van der Waals surface area contributed by atoms with E-state index in [4.69, 9.17) is 0 Å². The van der Waals surface area contributed by atoms with Crippen molar-refractivity contribution >= 4 is 5.82 Å². The van der Waals surface area contributed by atoms with Crippen LogP contribution in [0.25, 0.3) is 0 Å². The van der Waals surface area contributed by atoms with Crippen LogP contribution in [0, 0.1) is 17.8 Å². The van der Waals surface area contributed by atoms with Gasteiger partial charge in [-0.1, -0.05) is 41.5 Å². The van der Waals surface area contributed by atoms with Gasteiger partial charge in [0.05, 0.1) is 5.69 Å². The lowest BCUT2D eigenvalue weighted by Gasteiger charge is -2.25. The molecule has 0 amide bonds. The summed E-state index contributed by atoms with van der Waals surface area (Å²) in [4.78, 5) is 0. The van der Waals surface area contributed by atoms with Gasteiger partial charge in [0.25, 0.3) is 0 Å². The van der Waals surface area contributed by atoms with Crippen molar-refractivity contribution in [2.45, 2.75) is 54.1 Å². The monoisotopic (exact) mass is 278 g/mol. The van der Waals surface area contributed by atoms with E-state index in [0.717, 1.165) is 24.6 Å². The maximum absolute atomic E-state index is 4.25. The van der Waals surface area contributed by atoms with Crippen LogP contribution in [-0.2, 0) is 6.54 Å². The molecule has 1 aromatic rings. The Morgan fingerprint density at radius 3 is 2.05 bits per heavy atom. The van der Waals surface area contributed by atoms with Gasteiger partial charge in [0.15, 0.2) is 0 Å². The Hall–Kier alpha value is -1.16. The summed E-state index contributed by atoms with van der Waals surface area (Å²) in [6.07, 6.45) is 0. The molecular formula is C16H30N4. The molecule has 0 aliphatic rings. The van der Waals surface area contributed by atoms with Gasteiger partial charge in [-0.3, -0.25) is 0 Å². The first kappa shape index (κ1) is 16.9. The highest BCUT2D eigenvalue weighted by atomic mass is 15.2. The second-order valence-corrected chi connectivity index (χ2v) is 6.48. The zero-order chi connectivity index (χ0) is 15.1. The number of anilines is 1. The van der Waals surface area contributed by atoms with E-state index in [1.165, 1.54) is 0 Å². The Morgan fingerprint density at radius 1 is 0.950 bits per heavy atom. The van der Waals surface area contributed by atoms with Crippen LogP contribution in [0.1, 0.15) is 47.2 Å². The third kappa shape index (κ3) is 5.87. The van der Waals surface area contributed by atoms with E-state index in [-0.39, 0.29) is 0 Å². The van der Waals surface area contributed by atoms with Gasteiger partial charge in [0.1, 0.15) is 5.82 Å². The molecule has 0 radical (unpaired) electrons. The van der Waals surface area contributed by atoms with Crippen molar-refractivity contribution in [3.8, 4) is 0 Å². The Kier molecular flexibility index (Phi) is 6.93. The summed E-state index contributed by atoms with van der Waals surface area (Å²) in [7, 11) is 0. The van der Waals surface area contributed by atoms with Gasteiger partial charge in [-0.05, 0) is 29.9 Å². The first-order valence-corrected chi connectivity index (χ1v) is 7.70. The van der Waals surface area contributed by atoms with Gasteiger partial charge >= 0.3 is 0 Å². The van der Waals surface area contributed by atoms with Crippen LogP contribution in [-0.4, -0.2) is 22.8 Å². The molecule has 2 N–H and O–H groups in total. The highest BCUT2D eigenvalue weighted by Crippen LogP contribution is 2.20. The van der Waals surface area contributed by atoms with Crippen LogP contribution in [0.15, 0.2) is 12.1 Å². The molecule has 4 nitrogen and oxygen atoms in total. The van der Waals surface area contributed by atoms with E-state index >= 15 is 0 Å². The molecule has 0 aromatic carbocycles. The van der Waals surface area contributed by atoms with Gasteiger partial charge in [0.2, 0.25) is 0 Å². The summed E-state index contributed by atoms with van der Waals surface area (Å²) >= 11 is 0. The van der Waals surface area contributed by atoms with Gasteiger partial charge in [-0.2, -0.15) is 5.10 Å². The van der Waals surface area contributed by atoms with Crippen LogP contribution in [0.5, 0.6) is 0 Å². The molecule has 1 aromatic heterocycles. The zero-order valence-corrected chi connectivity index (χ0v) is 13.8. The number of rotatable bonds is 8. The van der Waals surface area contributed by atoms with Crippen molar-refractivity contribution < 1.29 is 0 Å². The minimum absolute atomic E-state index is 0.465. The van der Waals surface area contributed by atoms with Gasteiger partial charge in [-0.25, -0.2) is 0 Å². The first-order chi connectivity index (χ1) is 9.40. The molecule has 20 heavy (non-hydrogen) atoms. The Morgan fingerprint density at radius 2 is 1.60 bits per heavy atom. The number of aromatic nitrogens is 2. The van der Waals surface area contributed by atoms with Crippen LogP contribution in [0.3, 0.4) is 0 Å². The average molecular weight is 278 g/mol. The molecule has 0 bridgehead atoms. The molecule has 4 heteroatoms. The van der Waals surface area contributed by atoms with Gasteiger partial charge < -0.3 is 10.6 Å². The summed E-state index contributed by atoms with van der Waals surface area (Å²) in [5.41, 5.74) is 0.980. The first-order valence-electron chi connectivity index (χ1n) is 7.70. The minimum Gasteiger partial charge on any atom is -0.368 e. The zero-order valence-electron chi connectivity index (χ0n) is 13.8. The number of hydrogen-bond donors (Lipinski definition) is 2. The Bertz CT molecular complexity index is 363. The van der Waals surface area contributed by atoms with E-state index in [1.807, 2.05) is 12.1 Å². The molecule has 0 unspecified atom stereocenters. The van der Waals surface area contributed by atoms with Crippen molar-refractivity contribution in [2.24, 2.45) is 17.8 Å². The minimum atomic E-state index is 0.465. The van der Waals surface area contributed by atoms with E-state index in [1.54, 1.807) is 0 Å². The van der Waals surface area contributed by atoms with E-state index in [9.17, 15) is 0 Å². The molecule has 0 atom stereocenters. The van der Waals surface area contributed by atoms with Crippen molar-refractivity contribution in [2.75, 3.05) is 11.9 Å². The van der Waals surface area contributed by atoms with E-state index in [2.05, 4.69) is 62.4 Å². The number of nitrogens with zero attached hydrogens (tertiary/aromatic N) is 2. The third-order valence-corrected chi connectivity index (χ3v) is 3.64. The molecule has 0 saturated heterocycles. The molecule has 0 spiro atoms. The second-order valence-electron chi connectivity index (χ2n) is 6.48. The van der Waals surface area contributed by atoms with Crippen molar-refractivity contribution in [1.82, 2.24) is 15.5 Å². The summed E-state index contributed by atoms with van der Waals surface area (Å²) in [6, 6.07) is 4.51. The van der Waals surface area contributed by atoms with E-state index < -0.39 is 0 Å². The summed E-state index contributed by atoms with van der Waals surface area (Å²) in [5, 5.41) is 15.2. The maximum Gasteiger partial charge on any atom is 0.148 e. The van der Waals surface area contributed by atoms with E-state index in [0.29, 0.717) is 23.8 Å². The predicted octanol–water partition coefficient (Wildman–Crippen LogP) is 3.31. The summed E-state index contributed by atoms with van der Waals surface area (Å²) < 4.78 is 0. The SMILES string of the molecule is CC(C)NCc1ccc(NCC(C(C)C)C(C)C)nn1. The topological polar surface area (TPSA) is 49.8 Å². The maximum atomic E-state index is 4.25. The van der Waals surface area contributed by atoms with Crippen LogP contribution in [0.4, 0.5) is 5.82 Å². The fraction of sp³-hybridized carbons (Fsp3) is 0.750. The predicted molar refractivity (Wildman–Crippen MR) is 85.7 cm³/mol. The second kappa shape index (κ2) is 8.20. The molecule has 0 fully saturated rings. The lowest BCUT2D eigenvalue weighted by molar-refractivity contribution is 0.304. The van der Waals surface area contributed by atoms with Crippen LogP contribution >= 0.6 is 0 Å². The quantitative estimate of drug-likeness (QED) is 0.766. The highest BCUT2D eigenvalue weighted by Gasteiger charge is 2.17. The number of nitrogens with one attached hydrogen (secondary N) is 2. The van der Waals surface area contributed by atoms with Crippen LogP contribution < -0.4 is 10.6 Å². The molecule has 0 aliphatic heterocycles. The Balaban J connectivity index is 2.48. The largest absolute Gasteiger partial charge is 0.368 e. The molecular weight excluding hydrogens is 248 g/mol. The van der Waals surface area contributed by atoms with Crippen LogP contribution in [0.2, 0.25) is 0 Å². The lowest BCUT2D eigenvalue weighted by atomic mass is 9.85. The fourth-order valence-electron chi connectivity index (χ4n) is 2.32. The number of hydrogen-bond acceptors (Lipinski definition) is 4. The highest BCUT2D eigenvalue weighted by molar-refractivity contribution is 5.32. The van der Waals surface area contributed by atoms with Crippen molar-refractivity contribution in [1.29, 1.82) is 0 Å². The smallest absolute Gasteiger partial charge is 0.148 e. The van der Waals surface area contributed by atoms with Gasteiger partial charge in [0, 0.05) is 19.1 Å². The normalized spacial score (nSPS) is 11.9. The molecule has 0 aliphatic carbocycles. The summed E-state index contributed by atoms with van der Waals surface area (Å²) in [5.74, 6) is 2.86. The van der Waals surface area contributed by atoms with Crippen molar-refractivity contribution in [3.63, 3.8) is 0 Å². The molecule has 1 rings (SSSR count). The fourth-order valence-corrected chi connectivity index (χ4v) is 2.32. The summed E-state index contributed by atoms with van der Waals surface area (Å²) in [6.45, 7) is 15.1. The van der Waals surface area contributed by atoms with Crippen molar-refractivity contribution in [3.05, 3.63) is 17.8 Å². The Labute approximate surface area is 123 Å². The van der Waals surface area contributed by atoms with Gasteiger partial charge in [-0.15, -0.1) is 5.10 Å². The molecule has 1 heterocycles.